The van der Waals surface area contributed by atoms with Crippen molar-refractivity contribution in [1.29, 1.82) is 0 Å². The topological polar surface area (TPSA) is 45.7 Å². The third-order valence-corrected chi connectivity index (χ3v) is 3.94. The van der Waals surface area contributed by atoms with E-state index in [1.54, 1.807) is 23.2 Å². The second-order valence-electron chi connectivity index (χ2n) is 5.85. The molecule has 1 saturated heterocycles. The summed E-state index contributed by atoms with van der Waals surface area (Å²) in [6.45, 7) is 1.06. The van der Waals surface area contributed by atoms with Crippen molar-refractivity contribution in [2.45, 2.75) is 18.5 Å². The largest absolute Gasteiger partial charge is 0.473 e. The maximum Gasteiger partial charge on any atom is 0.236 e. The van der Waals surface area contributed by atoms with Crippen molar-refractivity contribution in [2.24, 2.45) is 0 Å². The summed E-state index contributed by atoms with van der Waals surface area (Å²) in [6.07, 6.45) is 2.07. The van der Waals surface area contributed by atoms with Crippen LogP contribution in [0.3, 0.4) is 0 Å². The summed E-state index contributed by atoms with van der Waals surface area (Å²) in [6, 6.07) is 3.34. The summed E-state index contributed by atoms with van der Waals surface area (Å²) in [7, 11) is 3.68. The molecule has 0 radical (unpaired) electrons. The van der Waals surface area contributed by atoms with Gasteiger partial charge in [0.05, 0.1) is 6.54 Å². The lowest BCUT2D eigenvalue weighted by Crippen LogP contribution is -2.49. The van der Waals surface area contributed by atoms with Crippen molar-refractivity contribution in [3.8, 4) is 5.88 Å². The average Bonchev–Trinajstić information content (AvgIpc) is 2.46. The molecule has 2 rings (SSSR count). The highest BCUT2D eigenvalue weighted by Gasteiger charge is 2.37. The number of amides is 1. The maximum atomic E-state index is 14.7. The van der Waals surface area contributed by atoms with E-state index >= 15 is 0 Å². The number of pyridine rings is 1. The molecule has 1 aromatic rings. The molecule has 1 aliphatic rings. The van der Waals surface area contributed by atoms with Crippen molar-refractivity contribution in [2.75, 3.05) is 40.3 Å². The monoisotopic (exact) mass is 329 g/mol. The van der Waals surface area contributed by atoms with Gasteiger partial charge in [-0.05, 0) is 26.2 Å². The van der Waals surface area contributed by atoms with Crippen LogP contribution in [-0.2, 0) is 4.79 Å². The number of likely N-dealkylation sites (tertiary alicyclic amines) is 1. The predicted molar refractivity (Wildman–Crippen MR) is 82.9 cm³/mol. The van der Waals surface area contributed by atoms with Gasteiger partial charge in [0, 0.05) is 32.1 Å². The molecule has 2 heterocycles. The maximum absolute atomic E-state index is 14.7. The smallest absolute Gasteiger partial charge is 0.236 e. The second kappa shape index (κ2) is 7.24. The molecule has 7 heteroatoms. The van der Waals surface area contributed by atoms with Crippen LogP contribution in [0.2, 0.25) is 5.02 Å². The number of hydrogen-bond donors (Lipinski definition) is 0. The first-order chi connectivity index (χ1) is 10.4. The van der Waals surface area contributed by atoms with Crippen LogP contribution < -0.4 is 4.74 Å². The minimum absolute atomic E-state index is 0.0285. The van der Waals surface area contributed by atoms with E-state index < -0.39 is 5.67 Å². The van der Waals surface area contributed by atoms with Crippen LogP contribution in [0.5, 0.6) is 5.88 Å². The van der Waals surface area contributed by atoms with E-state index in [-0.39, 0.29) is 31.2 Å². The molecule has 1 aromatic heterocycles. The number of halogens is 2. The Kier molecular flexibility index (Phi) is 5.58. The minimum atomic E-state index is -1.45. The molecule has 1 aliphatic heterocycles. The molecule has 1 amide bonds. The van der Waals surface area contributed by atoms with Crippen molar-refractivity contribution in [1.82, 2.24) is 14.8 Å². The SMILES string of the molecule is CN(C)CC(=O)N1CCC(F)(COc2ncccc2Cl)CC1. The number of carbonyl (C=O) groups excluding carboxylic acids is 1. The van der Waals surface area contributed by atoms with E-state index in [0.29, 0.717) is 24.7 Å². The summed E-state index contributed by atoms with van der Waals surface area (Å²) < 4.78 is 20.2. The Balaban J connectivity index is 1.84. The summed E-state index contributed by atoms with van der Waals surface area (Å²) in [5.41, 5.74) is -1.45. The first-order valence-electron chi connectivity index (χ1n) is 7.24. The Morgan fingerprint density at radius 2 is 2.18 bits per heavy atom. The average molecular weight is 330 g/mol. The van der Waals surface area contributed by atoms with E-state index in [1.165, 1.54) is 0 Å². The Labute approximate surface area is 135 Å². The van der Waals surface area contributed by atoms with Gasteiger partial charge in [0.1, 0.15) is 17.3 Å². The van der Waals surface area contributed by atoms with Crippen LogP contribution in [-0.4, -0.2) is 66.7 Å². The van der Waals surface area contributed by atoms with Gasteiger partial charge in [-0.3, -0.25) is 4.79 Å². The fraction of sp³-hybridized carbons (Fsp3) is 0.600. The zero-order valence-electron chi connectivity index (χ0n) is 12.9. The highest BCUT2D eigenvalue weighted by atomic mass is 35.5. The molecule has 0 N–H and O–H groups in total. The van der Waals surface area contributed by atoms with E-state index in [2.05, 4.69) is 4.98 Å². The quantitative estimate of drug-likeness (QED) is 0.829. The van der Waals surface area contributed by atoms with Crippen molar-refractivity contribution >= 4 is 17.5 Å². The van der Waals surface area contributed by atoms with Gasteiger partial charge in [0.25, 0.3) is 0 Å². The van der Waals surface area contributed by atoms with E-state index in [0.717, 1.165) is 0 Å². The molecule has 0 spiro atoms. The Hall–Kier alpha value is -1.40. The molecular weight excluding hydrogens is 309 g/mol. The third kappa shape index (κ3) is 4.55. The van der Waals surface area contributed by atoms with Crippen molar-refractivity contribution in [3.05, 3.63) is 23.4 Å². The number of piperidine rings is 1. The van der Waals surface area contributed by atoms with E-state index in [4.69, 9.17) is 16.3 Å². The fourth-order valence-corrected chi connectivity index (χ4v) is 2.52. The van der Waals surface area contributed by atoms with Gasteiger partial charge in [-0.15, -0.1) is 0 Å². The summed E-state index contributed by atoms with van der Waals surface area (Å²) in [4.78, 5) is 19.4. The van der Waals surface area contributed by atoms with Gasteiger partial charge < -0.3 is 14.5 Å². The molecule has 122 valence electrons. The highest BCUT2D eigenvalue weighted by molar-refractivity contribution is 6.31. The highest BCUT2D eigenvalue weighted by Crippen LogP contribution is 2.29. The first-order valence-corrected chi connectivity index (χ1v) is 7.62. The van der Waals surface area contributed by atoms with Gasteiger partial charge in [-0.25, -0.2) is 9.37 Å². The number of nitrogens with zero attached hydrogens (tertiary/aromatic N) is 3. The summed E-state index contributed by atoms with van der Waals surface area (Å²) in [5, 5.41) is 0.365. The van der Waals surface area contributed by atoms with Crippen LogP contribution in [0.4, 0.5) is 4.39 Å². The predicted octanol–water partition coefficient (Wildman–Crippen LogP) is 2.01. The summed E-state index contributed by atoms with van der Waals surface area (Å²) in [5.74, 6) is 0.271. The minimum Gasteiger partial charge on any atom is -0.473 e. The number of ether oxygens (including phenoxy) is 1. The Morgan fingerprint density at radius 1 is 1.50 bits per heavy atom. The molecule has 0 atom stereocenters. The van der Waals surface area contributed by atoms with E-state index in [9.17, 15) is 9.18 Å². The lowest BCUT2D eigenvalue weighted by atomic mass is 9.94. The summed E-state index contributed by atoms with van der Waals surface area (Å²) >= 11 is 5.93. The zero-order chi connectivity index (χ0) is 16.2. The molecular formula is C15H21ClFN3O2. The lowest BCUT2D eigenvalue weighted by molar-refractivity contribution is -0.134. The number of carbonyl (C=O) groups is 1. The molecule has 22 heavy (non-hydrogen) atoms. The van der Waals surface area contributed by atoms with Gasteiger partial charge in [-0.2, -0.15) is 0 Å². The number of likely N-dealkylation sites (N-methyl/N-ethyl adjacent to an activating group) is 1. The normalized spacial score (nSPS) is 17.6. The third-order valence-electron chi connectivity index (χ3n) is 3.66. The van der Waals surface area contributed by atoms with E-state index in [1.807, 2.05) is 19.0 Å². The Bertz CT molecular complexity index is 519. The number of rotatable bonds is 5. The van der Waals surface area contributed by atoms with Gasteiger partial charge in [-0.1, -0.05) is 11.6 Å². The van der Waals surface area contributed by atoms with Crippen LogP contribution >= 0.6 is 11.6 Å². The van der Waals surface area contributed by atoms with Gasteiger partial charge in [0.15, 0.2) is 0 Å². The molecule has 0 aliphatic carbocycles. The number of hydrogen-bond acceptors (Lipinski definition) is 4. The van der Waals surface area contributed by atoms with Crippen LogP contribution in [0, 0.1) is 0 Å². The molecule has 5 nitrogen and oxygen atoms in total. The molecule has 0 aromatic carbocycles. The zero-order valence-corrected chi connectivity index (χ0v) is 13.6. The number of alkyl halides is 1. The molecule has 0 saturated carbocycles. The van der Waals surface area contributed by atoms with Crippen LogP contribution in [0.25, 0.3) is 0 Å². The van der Waals surface area contributed by atoms with Crippen LogP contribution in [0.15, 0.2) is 18.3 Å². The fourth-order valence-electron chi connectivity index (χ4n) is 2.35. The van der Waals surface area contributed by atoms with Crippen LogP contribution in [0.1, 0.15) is 12.8 Å². The van der Waals surface area contributed by atoms with Gasteiger partial charge >= 0.3 is 0 Å². The second-order valence-corrected chi connectivity index (χ2v) is 6.26. The number of aromatic nitrogens is 1. The Morgan fingerprint density at radius 3 is 2.77 bits per heavy atom. The van der Waals surface area contributed by atoms with Gasteiger partial charge in [0.2, 0.25) is 11.8 Å². The first kappa shape index (κ1) is 17.0. The molecule has 0 unspecified atom stereocenters. The standard InChI is InChI=1S/C15H21ClFN3O2/c1-19(2)10-13(21)20-8-5-15(17,6-9-20)11-22-14-12(16)4-3-7-18-14/h3-4,7H,5-6,8-11H2,1-2H3. The molecule has 0 bridgehead atoms. The van der Waals surface area contributed by atoms with Crippen molar-refractivity contribution < 1.29 is 13.9 Å². The molecule has 1 fully saturated rings. The lowest BCUT2D eigenvalue weighted by Gasteiger charge is -2.36. The van der Waals surface area contributed by atoms with Crippen molar-refractivity contribution in [3.63, 3.8) is 0 Å².